The van der Waals surface area contributed by atoms with Crippen LogP contribution in [0.25, 0.3) is 0 Å². The predicted octanol–water partition coefficient (Wildman–Crippen LogP) is 1.96. The van der Waals surface area contributed by atoms with Gasteiger partial charge < -0.3 is 20.7 Å². The van der Waals surface area contributed by atoms with Gasteiger partial charge in [0.15, 0.2) is 0 Å². The maximum absolute atomic E-state index is 12.5. The van der Waals surface area contributed by atoms with Gasteiger partial charge in [-0.05, 0) is 56.6 Å². The molecule has 0 atom stereocenters. The first-order valence-electron chi connectivity index (χ1n) is 8.07. The summed E-state index contributed by atoms with van der Waals surface area (Å²) >= 11 is 0. The monoisotopic (exact) mass is 355 g/mol. The molecule has 0 aromatic heterocycles. The van der Waals surface area contributed by atoms with Gasteiger partial charge in [0, 0.05) is 24.9 Å². The molecule has 1 heterocycles. The van der Waals surface area contributed by atoms with Crippen molar-refractivity contribution < 1.29 is 14.3 Å². The molecule has 0 spiro atoms. The van der Waals surface area contributed by atoms with Crippen LogP contribution in [0, 0.1) is 0 Å². The minimum atomic E-state index is -0.775. The van der Waals surface area contributed by atoms with Crippen LogP contribution in [0.15, 0.2) is 24.3 Å². The summed E-state index contributed by atoms with van der Waals surface area (Å²) in [5, 5.41) is 8.94. The molecule has 7 heteroatoms. The number of methoxy groups -OCH3 is 1. The third kappa shape index (κ3) is 4.93. The second-order valence-electron chi connectivity index (χ2n) is 5.74. The smallest absolute Gasteiger partial charge is 0.256 e. The van der Waals surface area contributed by atoms with E-state index in [1.54, 1.807) is 31.4 Å². The Bertz CT molecular complexity index is 543. The third-order valence-corrected chi connectivity index (χ3v) is 4.16. The van der Waals surface area contributed by atoms with E-state index >= 15 is 0 Å². The minimum Gasteiger partial charge on any atom is -0.368 e. The van der Waals surface area contributed by atoms with Crippen LogP contribution in [-0.2, 0) is 9.53 Å². The molecular weight excluding hydrogens is 330 g/mol. The molecule has 0 radical (unpaired) electrons. The number of ether oxygens (including phenoxy) is 1. The van der Waals surface area contributed by atoms with Gasteiger partial charge in [0.2, 0.25) is 0 Å². The molecule has 6 nitrogen and oxygen atoms in total. The highest BCUT2D eigenvalue weighted by atomic mass is 35.5. The zero-order valence-electron chi connectivity index (χ0n) is 14.2. The summed E-state index contributed by atoms with van der Waals surface area (Å²) < 4.78 is 5.50. The molecule has 0 unspecified atom stereocenters. The summed E-state index contributed by atoms with van der Waals surface area (Å²) in [6, 6.07) is 6.90. The summed E-state index contributed by atoms with van der Waals surface area (Å²) in [5.41, 5.74) is 0.472. The van der Waals surface area contributed by atoms with Gasteiger partial charge in [0.1, 0.15) is 5.60 Å². The van der Waals surface area contributed by atoms with Crippen molar-refractivity contribution in [3.8, 4) is 0 Å². The Hall–Kier alpha value is -1.63. The van der Waals surface area contributed by atoms with Crippen molar-refractivity contribution in [2.24, 2.45) is 0 Å². The summed E-state index contributed by atoms with van der Waals surface area (Å²) in [4.78, 5) is 24.4. The molecule has 3 N–H and O–H groups in total. The number of piperidine rings is 1. The summed E-state index contributed by atoms with van der Waals surface area (Å²) in [5.74, 6) is -0.235. The maximum atomic E-state index is 12.5. The van der Waals surface area contributed by atoms with Gasteiger partial charge in [-0.2, -0.15) is 0 Å². The van der Waals surface area contributed by atoms with Crippen LogP contribution >= 0.6 is 12.4 Å². The number of halogens is 1. The highest BCUT2D eigenvalue weighted by Gasteiger charge is 2.39. The highest BCUT2D eigenvalue weighted by Crippen LogP contribution is 2.24. The van der Waals surface area contributed by atoms with Crippen LogP contribution in [0.4, 0.5) is 5.69 Å². The van der Waals surface area contributed by atoms with Crippen molar-refractivity contribution in [3.63, 3.8) is 0 Å². The van der Waals surface area contributed by atoms with Crippen molar-refractivity contribution in [3.05, 3.63) is 29.8 Å². The van der Waals surface area contributed by atoms with Gasteiger partial charge in [-0.25, -0.2) is 0 Å². The Morgan fingerprint density at radius 2 is 1.83 bits per heavy atom. The molecule has 1 aromatic carbocycles. The summed E-state index contributed by atoms with van der Waals surface area (Å²) in [7, 11) is 1.58. The normalized spacial score (nSPS) is 15.9. The molecule has 1 aliphatic rings. The summed E-state index contributed by atoms with van der Waals surface area (Å²) in [6.07, 6.45) is 2.19. The Balaban J connectivity index is 0.00000288. The Morgan fingerprint density at radius 3 is 2.38 bits per heavy atom. The largest absolute Gasteiger partial charge is 0.368 e. The van der Waals surface area contributed by atoms with Crippen LogP contribution in [0.2, 0.25) is 0 Å². The Labute approximate surface area is 149 Å². The van der Waals surface area contributed by atoms with E-state index < -0.39 is 5.60 Å². The summed E-state index contributed by atoms with van der Waals surface area (Å²) in [6.45, 7) is 4.18. The predicted molar refractivity (Wildman–Crippen MR) is 96.8 cm³/mol. The van der Waals surface area contributed by atoms with E-state index in [0.29, 0.717) is 30.6 Å². The molecule has 0 saturated carbocycles. The van der Waals surface area contributed by atoms with Gasteiger partial charge in [-0.15, -0.1) is 12.4 Å². The van der Waals surface area contributed by atoms with Crippen LogP contribution in [0.5, 0.6) is 0 Å². The van der Waals surface area contributed by atoms with Crippen molar-refractivity contribution in [1.29, 1.82) is 0 Å². The fraction of sp³-hybridized carbons (Fsp3) is 0.529. The molecule has 0 bridgehead atoms. The number of benzene rings is 1. The number of nitrogens with one attached hydrogen (secondary N) is 3. The maximum Gasteiger partial charge on any atom is 0.256 e. The van der Waals surface area contributed by atoms with Crippen LogP contribution in [-0.4, -0.2) is 44.2 Å². The fourth-order valence-electron chi connectivity index (χ4n) is 2.65. The first-order valence-corrected chi connectivity index (χ1v) is 8.07. The zero-order valence-corrected chi connectivity index (χ0v) is 15.0. The Morgan fingerprint density at radius 1 is 1.21 bits per heavy atom. The van der Waals surface area contributed by atoms with E-state index in [2.05, 4.69) is 16.0 Å². The van der Waals surface area contributed by atoms with Crippen molar-refractivity contribution >= 4 is 29.9 Å². The van der Waals surface area contributed by atoms with E-state index in [-0.39, 0.29) is 24.2 Å². The lowest BCUT2D eigenvalue weighted by molar-refractivity contribution is -0.140. The number of amides is 2. The quantitative estimate of drug-likeness (QED) is 0.728. The van der Waals surface area contributed by atoms with Crippen LogP contribution in [0.1, 0.15) is 36.5 Å². The molecule has 1 saturated heterocycles. The number of hydrogen-bond acceptors (Lipinski definition) is 4. The minimum absolute atomic E-state index is 0. The first kappa shape index (κ1) is 20.4. The highest BCUT2D eigenvalue weighted by molar-refractivity contribution is 5.98. The molecule has 1 aliphatic heterocycles. The second-order valence-corrected chi connectivity index (χ2v) is 5.74. The van der Waals surface area contributed by atoms with Gasteiger partial charge in [-0.3, -0.25) is 9.59 Å². The van der Waals surface area contributed by atoms with E-state index in [9.17, 15) is 9.59 Å². The van der Waals surface area contributed by atoms with Gasteiger partial charge in [0.05, 0.1) is 0 Å². The number of carbonyl (C=O) groups is 2. The molecule has 2 rings (SSSR count). The number of hydrogen-bond donors (Lipinski definition) is 3. The molecule has 2 amide bonds. The molecule has 134 valence electrons. The van der Waals surface area contributed by atoms with Crippen LogP contribution in [0.3, 0.4) is 0 Å². The second kappa shape index (κ2) is 9.61. The molecule has 1 fully saturated rings. The zero-order chi connectivity index (χ0) is 16.7. The fourth-order valence-corrected chi connectivity index (χ4v) is 2.65. The lowest BCUT2D eigenvalue weighted by atomic mass is 9.91. The van der Waals surface area contributed by atoms with E-state index in [1.165, 1.54) is 0 Å². The van der Waals surface area contributed by atoms with E-state index in [0.717, 1.165) is 19.5 Å². The van der Waals surface area contributed by atoms with Crippen LogP contribution < -0.4 is 16.0 Å². The van der Waals surface area contributed by atoms with Crippen molar-refractivity contribution in [2.75, 3.05) is 32.1 Å². The van der Waals surface area contributed by atoms with Crippen molar-refractivity contribution in [1.82, 2.24) is 10.6 Å². The molecular formula is C17H26ClN3O3. The van der Waals surface area contributed by atoms with Crippen molar-refractivity contribution in [2.45, 2.75) is 31.8 Å². The van der Waals surface area contributed by atoms with Gasteiger partial charge in [-0.1, -0.05) is 6.92 Å². The molecule has 24 heavy (non-hydrogen) atoms. The first-order chi connectivity index (χ1) is 11.1. The third-order valence-electron chi connectivity index (χ3n) is 4.16. The Kier molecular flexibility index (Phi) is 8.18. The average molecular weight is 356 g/mol. The number of carbonyl (C=O) groups excluding carboxylic acids is 2. The number of anilines is 1. The lowest BCUT2D eigenvalue weighted by Crippen LogP contribution is -2.51. The topological polar surface area (TPSA) is 79.5 Å². The van der Waals surface area contributed by atoms with E-state index in [4.69, 9.17) is 4.74 Å². The molecule has 0 aliphatic carbocycles. The number of rotatable bonds is 6. The molecule has 1 aromatic rings. The average Bonchev–Trinajstić information content (AvgIpc) is 2.60. The standard InChI is InChI=1S/C17H25N3O3.ClH/c1-3-10-19-15(21)13-4-6-14(7-5-13)20-16(22)17(23-2)8-11-18-12-9-17;/h4-7,18H,3,8-12H2,1-2H3,(H,19,21)(H,20,22);1H. The lowest BCUT2D eigenvalue weighted by Gasteiger charge is -2.34. The van der Waals surface area contributed by atoms with Gasteiger partial charge in [0.25, 0.3) is 11.8 Å². The van der Waals surface area contributed by atoms with Gasteiger partial charge >= 0.3 is 0 Å². The SMILES string of the molecule is CCCNC(=O)c1ccc(NC(=O)C2(OC)CCNCC2)cc1.Cl. The van der Waals surface area contributed by atoms with E-state index in [1.807, 2.05) is 6.92 Å².